The molecule has 7 heteroatoms. The Morgan fingerprint density at radius 3 is 2.91 bits per heavy atom. The van der Waals surface area contributed by atoms with Crippen molar-refractivity contribution in [2.24, 2.45) is 7.05 Å². The molecule has 23 heavy (non-hydrogen) atoms. The van der Waals surface area contributed by atoms with Crippen molar-refractivity contribution < 1.29 is 9.59 Å². The summed E-state index contributed by atoms with van der Waals surface area (Å²) in [4.78, 5) is 27.2. The van der Waals surface area contributed by atoms with Gasteiger partial charge in [-0.05, 0) is 18.2 Å². The van der Waals surface area contributed by atoms with E-state index in [4.69, 9.17) is 0 Å². The van der Waals surface area contributed by atoms with Crippen molar-refractivity contribution in [3.05, 3.63) is 42.2 Å². The number of carbonyl (C=O) groups is 2. The molecule has 1 aliphatic heterocycles. The first-order chi connectivity index (χ1) is 11.0. The van der Waals surface area contributed by atoms with E-state index in [0.29, 0.717) is 6.54 Å². The van der Waals surface area contributed by atoms with Crippen LogP contribution in [0.15, 0.2) is 41.4 Å². The highest BCUT2D eigenvalue weighted by atomic mass is 32.2. The van der Waals surface area contributed by atoms with Crippen molar-refractivity contribution in [3.8, 4) is 0 Å². The minimum absolute atomic E-state index is 0.0572. The van der Waals surface area contributed by atoms with Gasteiger partial charge in [0.2, 0.25) is 11.8 Å². The molecular formula is C16H18N4O2S. The normalized spacial score (nSPS) is 16.6. The predicted octanol–water partition coefficient (Wildman–Crippen LogP) is 1.88. The Kier molecular flexibility index (Phi) is 4.38. The van der Waals surface area contributed by atoms with Gasteiger partial charge in [0.25, 0.3) is 0 Å². The number of carbonyl (C=O) groups excluding carboxylic acids is 2. The zero-order valence-corrected chi connectivity index (χ0v) is 13.8. The lowest BCUT2D eigenvalue weighted by molar-refractivity contribution is -0.132. The molecule has 0 spiro atoms. The Bertz CT molecular complexity index is 743. The Hall–Kier alpha value is -2.28. The van der Waals surface area contributed by atoms with Gasteiger partial charge in [-0.15, -0.1) is 11.8 Å². The van der Waals surface area contributed by atoms with Gasteiger partial charge in [-0.3, -0.25) is 14.3 Å². The van der Waals surface area contributed by atoms with Crippen molar-refractivity contribution in [1.29, 1.82) is 0 Å². The van der Waals surface area contributed by atoms with Crippen LogP contribution in [0.3, 0.4) is 0 Å². The quantitative estimate of drug-likeness (QED) is 0.929. The number of benzene rings is 1. The van der Waals surface area contributed by atoms with Gasteiger partial charge in [0.1, 0.15) is 0 Å². The molecule has 2 aromatic rings. The minimum Gasteiger partial charge on any atom is -0.340 e. The summed E-state index contributed by atoms with van der Waals surface area (Å²) in [5.74, 6) is -0.172. The van der Waals surface area contributed by atoms with Gasteiger partial charge in [-0.25, -0.2) is 0 Å². The Morgan fingerprint density at radius 2 is 2.17 bits per heavy atom. The van der Waals surface area contributed by atoms with Crippen molar-refractivity contribution in [2.75, 3.05) is 12.4 Å². The fourth-order valence-corrected chi connectivity index (χ4v) is 3.53. The Morgan fingerprint density at radius 1 is 1.39 bits per heavy atom. The second kappa shape index (κ2) is 6.45. The summed E-state index contributed by atoms with van der Waals surface area (Å²) in [5, 5.41) is 6.56. The van der Waals surface area contributed by atoms with Crippen molar-refractivity contribution >= 4 is 29.3 Å². The van der Waals surface area contributed by atoms with E-state index >= 15 is 0 Å². The molecule has 0 fully saturated rings. The van der Waals surface area contributed by atoms with Crippen LogP contribution >= 0.6 is 11.8 Å². The molecule has 1 aromatic heterocycles. The van der Waals surface area contributed by atoms with Gasteiger partial charge in [-0.1, -0.05) is 12.1 Å². The summed E-state index contributed by atoms with van der Waals surface area (Å²) in [6, 6.07) is 9.51. The van der Waals surface area contributed by atoms with Crippen LogP contribution in [0.4, 0.5) is 5.69 Å². The molecule has 6 nitrogen and oxygen atoms in total. The van der Waals surface area contributed by atoms with Gasteiger partial charge in [0.05, 0.1) is 23.2 Å². The summed E-state index contributed by atoms with van der Waals surface area (Å²) < 4.78 is 1.74. The number of para-hydroxylation sites is 1. The lowest BCUT2D eigenvalue weighted by Crippen LogP contribution is -2.35. The average Bonchev–Trinajstić information content (AvgIpc) is 2.93. The fourth-order valence-electron chi connectivity index (χ4n) is 2.43. The fraction of sp³-hybridized carbons (Fsp3) is 0.312. The molecule has 120 valence electrons. The highest BCUT2D eigenvalue weighted by Crippen LogP contribution is 2.36. The molecule has 1 atom stereocenters. The zero-order chi connectivity index (χ0) is 16.4. The molecule has 0 saturated heterocycles. The number of hydrogen-bond acceptors (Lipinski definition) is 4. The minimum atomic E-state index is -0.397. The summed E-state index contributed by atoms with van der Waals surface area (Å²) >= 11 is 1.44. The van der Waals surface area contributed by atoms with Crippen LogP contribution in [0.2, 0.25) is 0 Å². The summed E-state index contributed by atoms with van der Waals surface area (Å²) in [6.45, 7) is 0.477. The molecule has 0 radical (unpaired) electrons. The van der Waals surface area contributed by atoms with Crippen molar-refractivity contribution in [2.45, 2.75) is 23.1 Å². The smallest absolute Gasteiger partial charge is 0.238 e. The predicted molar refractivity (Wildman–Crippen MR) is 89.0 cm³/mol. The standard InChI is InChI=1S/C16H18N4O2S/c1-19(10-11-7-8-17-20(11)2)15(21)9-14-16(22)18-12-5-3-4-6-13(12)23-14/h3-8,14H,9-10H2,1-2H3,(H,18,22). The number of hydrogen-bond donors (Lipinski definition) is 1. The number of thioether (sulfide) groups is 1. The van der Waals surface area contributed by atoms with Crippen LogP contribution in [0.5, 0.6) is 0 Å². The molecule has 0 bridgehead atoms. The first-order valence-corrected chi connectivity index (χ1v) is 8.20. The molecule has 0 aliphatic carbocycles. The van der Waals surface area contributed by atoms with Crippen LogP contribution < -0.4 is 5.32 Å². The first kappa shape index (κ1) is 15.6. The van der Waals surface area contributed by atoms with E-state index in [2.05, 4.69) is 10.4 Å². The molecule has 1 unspecified atom stereocenters. The number of nitrogens with one attached hydrogen (secondary N) is 1. The molecule has 1 aliphatic rings. The van der Waals surface area contributed by atoms with Crippen LogP contribution in [0.1, 0.15) is 12.1 Å². The van der Waals surface area contributed by atoms with Crippen LogP contribution in [0.25, 0.3) is 0 Å². The molecule has 1 aromatic carbocycles. The number of rotatable bonds is 4. The number of aryl methyl sites for hydroxylation is 1. The largest absolute Gasteiger partial charge is 0.340 e. The molecule has 1 N–H and O–H groups in total. The van der Waals surface area contributed by atoms with E-state index in [9.17, 15) is 9.59 Å². The van der Waals surface area contributed by atoms with Crippen LogP contribution in [-0.4, -0.2) is 38.8 Å². The van der Waals surface area contributed by atoms with E-state index in [1.807, 2.05) is 37.4 Å². The highest BCUT2D eigenvalue weighted by Gasteiger charge is 2.29. The summed E-state index contributed by atoms with van der Waals surface area (Å²) in [5.41, 5.74) is 1.77. The number of aromatic nitrogens is 2. The lowest BCUT2D eigenvalue weighted by Gasteiger charge is -2.25. The maximum Gasteiger partial charge on any atom is 0.238 e. The Balaban J connectivity index is 1.64. The first-order valence-electron chi connectivity index (χ1n) is 7.32. The highest BCUT2D eigenvalue weighted by molar-refractivity contribution is 8.01. The molecular weight excluding hydrogens is 312 g/mol. The van der Waals surface area contributed by atoms with E-state index in [-0.39, 0.29) is 18.2 Å². The maximum absolute atomic E-state index is 12.4. The van der Waals surface area contributed by atoms with Crippen molar-refractivity contribution in [3.63, 3.8) is 0 Å². The number of fused-ring (bicyclic) bond motifs is 1. The zero-order valence-electron chi connectivity index (χ0n) is 13.0. The second-order valence-electron chi connectivity index (χ2n) is 5.49. The van der Waals surface area contributed by atoms with Gasteiger partial charge in [0, 0.05) is 31.6 Å². The number of anilines is 1. The molecule has 2 heterocycles. The summed E-state index contributed by atoms with van der Waals surface area (Å²) in [7, 11) is 3.59. The lowest BCUT2D eigenvalue weighted by atomic mass is 10.2. The van der Waals surface area contributed by atoms with Gasteiger partial charge in [0.15, 0.2) is 0 Å². The molecule has 3 rings (SSSR count). The Labute approximate surface area is 138 Å². The average molecular weight is 330 g/mol. The summed E-state index contributed by atoms with van der Waals surface area (Å²) in [6.07, 6.45) is 1.88. The number of nitrogens with zero attached hydrogens (tertiary/aromatic N) is 3. The van der Waals surface area contributed by atoms with Crippen LogP contribution in [0, 0.1) is 0 Å². The van der Waals surface area contributed by atoms with Crippen LogP contribution in [-0.2, 0) is 23.2 Å². The monoisotopic (exact) mass is 330 g/mol. The van der Waals surface area contributed by atoms with E-state index < -0.39 is 5.25 Å². The van der Waals surface area contributed by atoms with E-state index in [0.717, 1.165) is 16.3 Å². The van der Waals surface area contributed by atoms with Gasteiger partial charge >= 0.3 is 0 Å². The number of amides is 2. The van der Waals surface area contributed by atoms with Crippen molar-refractivity contribution in [1.82, 2.24) is 14.7 Å². The third-order valence-electron chi connectivity index (χ3n) is 3.81. The maximum atomic E-state index is 12.4. The SMILES string of the molecule is CN(Cc1ccnn1C)C(=O)CC1Sc2ccccc2NC1=O. The third kappa shape index (κ3) is 3.39. The molecule has 0 saturated carbocycles. The topological polar surface area (TPSA) is 67.2 Å². The van der Waals surface area contributed by atoms with E-state index in [1.54, 1.807) is 22.8 Å². The second-order valence-corrected chi connectivity index (χ2v) is 6.74. The molecule has 2 amide bonds. The van der Waals surface area contributed by atoms with Gasteiger partial charge < -0.3 is 10.2 Å². The van der Waals surface area contributed by atoms with Gasteiger partial charge in [-0.2, -0.15) is 5.10 Å². The third-order valence-corrected chi connectivity index (χ3v) is 5.09. The van der Waals surface area contributed by atoms with E-state index in [1.165, 1.54) is 11.8 Å².